The van der Waals surface area contributed by atoms with Crippen molar-refractivity contribution in [2.75, 3.05) is 11.4 Å². The van der Waals surface area contributed by atoms with E-state index in [0.717, 1.165) is 29.3 Å². The molecule has 2 aromatic carbocycles. The van der Waals surface area contributed by atoms with Crippen LogP contribution in [0.4, 0.5) is 11.5 Å². The minimum absolute atomic E-state index is 0.110. The maximum Gasteiger partial charge on any atom is 0.136 e. The molecule has 140 valence electrons. The molecule has 4 heteroatoms. The van der Waals surface area contributed by atoms with Crippen molar-refractivity contribution < 1.29 is 0 Å². The number of aromatic nitrogens is 2. The topological polar surface area (TPSA) is 29.0 Å². The fourth-order valence-corrected chi connectivity index (χ4v) is 5.14. The second-order valence-electron chi connectivity index (χ2n) is 8.23. The molecule has 5 rings (SSSR count). The lowest BCUT2D eigenvalue weighted by molar-refractivity contribution is 0.567. The van der Waals surface area contributed by atoms with Crippen molar-refractivity contribution in [1.29, 1.82) is 0 Å². The summed E-state index contributed by atoms with van der Waals surface area (Å²) in [6.45, 7) is 7.67. The number of hydrogen-bond acceptors (Lipinski definition) is 4. The van der Waals surface area contributed by atoms with Gasteiger partial charge in [0, 0.05) is 35.8 Å². The van der Waals surface area contributed by atoms with Crippen LogP contribution in [0.25, 0.3) is 10.2 Å². The van der Waals surface area contributed by atoms with Crippen molar-refractivity contribution >= 4 is 33.1 Å². The van der Waals surface area contributed by atoms with E-state index in [0.29, 0.717) is 0 Å². The largest absolute Gasteiger partial charge is 0.325 e. The summed E-state index contributed by atoms with van der Waals surface area (Å²) in [4.78, 5) is 12.1. The first-order valence-electron chi connectivity index (χ1n) is 9.68. The lowest BCUT2D eigenvalue weighted by Gasteiger charge is -2.23. The lowest BCUT2D eigenvalue weighted by Crippen LogP contribution is -2.26. The van der Waals surface area contributed by atoms with Crippen LogP contribution in [0.15, 0.2) is 60.8 Å². The third kappa shape index (κ3) is 2.89. The molecule has 1 aliphatic heterocycles. The van der Waals surface area contributed by atoms with E-state index in [2.05, 4.69) is 74.2 Å². The van der Waals surface area contributed by atoms with E-state index in [1.807, 2.05) is 12.3 Å². The zero-order valence-electron chi connectivity index (χ0n) is 16.4. The molecular formula is C24H23N3S. The predicted octanol–water partition coefficient (Wildman–Crippen LogP) is 6.02. The molecule has 0 saturated heterocycles. The smallest absolute Gasteiger partial charge is 0.136 e. The summed E-state index contributed by atoms with van der Waals surface area (Å²) in [6, 6.07) is 19.4. The summed E-state index contributed by atoms with van der Waals surface area (Å²) in [5.41, 5.74) is 6.35. The highest BCUT2D eigenvalue weighted by Crippen LogP contribution is 2.44. The van der Waals surface area contributed by atoms with Gasteiger partial charge in [-0.15, -0.1) is 11.3 Å². The Hall–Kier alpha value is -2.72. The third-order valence-corrected chi connectivity index (χ3v) is 6.57. The summed E-state index contributed by atoms with van der Waals surface area (Å²) in [5.74, 6) is 1.05. The predicted molar refractivity (Wildman–Crippen MR) is 118 cm³/mol. The maximum atomic E-state index is 4.88. The van der Waals surface area contributed by atoms with E-state index < -0.39 is 0 Å². The lowest BCUT2D eigenvalue weighted by atomic mass is 9.87. The number of anilines is 2. The van der Waals surface area contributed by atoms with Gasteiger partial charge in [0.1, 0.15) is 5.82 Å². The van der Waals surface area contributed by atoms with Crippen LogP contribution >= 0.6 is 11.3 Å². The van der Waals surface area contributed by atoms with Gasteiger partial charge in [-0.05, 0) is 42.3 Å². The second kappa shape index (κ2) is 6.42. The van der Waals surface area contributed by atoms with Crippen molar-refractivity contribution in [3.63, 3.8) is 0 Å². The number of nitrogens with zero attached hydrogens (tertiary/aromatic N) is 3. The Kier molecular flexibility index (Phi) is 3.98. The third-order valence-electron chi connectivity index (χ3n) is 5.53. The van der Waals surface area contributed by atoms with Gasteiger partial charge in [-0.2, -0.15) is 0 Å². The number of fused-ring (bicyclic) bond motifs is 2. The number of thiazole rings is 1. The normalized spacial score (nSPS) is 15.2. The number of rotatable bonds is 3. The van der Waals surface area contributed by atoms with Gasteiger partial charge in [0.15, 0.2) is 0 Å². The first-order valence-corrected chi connectivity index (χ1v) is 10.5. The summed E-state index contributed by atoms with van der Waals surface area (Å²) in [6.07, 6.45) is 2.70. The molecule has 0 atom stereocenters. The molecule has 0 amide bonds. The van der Waals surface area contributed by atoms with Crippen LogP contribution in [-0.2, 0) is 11.8 Å². The number of aryl methyl sites for hydroxylation is 1. The van der Waals surface area contributed by atoms with Crippen LogP contribution in [0.3, 0.4) is 0 Å². The Morgan fingerprint density at radius 2 is 1.93 bits per heavy atom. The van der Waals surface area contributed by atoms with E-state index in [1.54, 1.807) is 11.3 Å². The van der Waals surface area contributed by atoms with Gasteiger partial charge in [0.05, 0.1) is 15.2 Å². The molecule has 28 heavy (non-hydrogen) atoms. The molecule has 0 bridgehead atoms. The van der Waals surface area contributed by atoms with Gasteiger partial charge >= 0.3 is 0 Å². The highest BCUT2D eigenvalue weighted by molar-refractivity contribution is 7.18. The van der Waals surface area contributed by atoms with E-state index >= 15 is 0 Å². The number of hydrogen-bond donors (Lipinski definition) is 0. The van der Waals surface area contributed by atoms with E-state index in [-0.39, 0.29) is 5.41 Å². The molecule has 3 nitrogen and oxygen atoms in total. The second-order valence-corrected chi connectivity index (χ2v) is 9.34. The fourth-order valence-electron chi connectivity index (χ4n) is 4.17. The average molecular weight is 386 g/mol. The first-order chi connectivity index (χ1) is 13.5. The average Bonchev–Trinajstić information content (AvgIpc) is 3.20. The molecule has 4 aromatic rings. The van der Waals surface area contributed by atoms with Crippen LogP contribution in [0.1, 0.15) is 35.5 Å². The van der Waals surface area contributed by atoms with E-state index in [1.165, 1.54) is 27.1 Å². The summed E-state index contributed by atoms with van der Waals surface area (Å²) in [5, 5.41) is 1.14. The van der Waals surface area contributed by atoms with Gasteiger partial charge in [-0.25, -0.2) is 9.97 Å². The van der Waals surface area contributed by atoms with Crippen molar-refractivity contribution in [2.24, 2.45) is 0 Å². The van der Waals surface area contributed by atoms with Crippen molar-refractivity contribution in [2.45, 2.75) is 32.6 Å². The SMILES string of the molecule is Cc1ccc2sc(Cc3cccnc3N3CC(C)(C)c4ccccc43)nc2c1. The van der Waals surface area contributed by atoms with Crippen LogP contribution in [-0.4, -0.2) is 16.5 Å². The zero-order valence-corrected chi connectivity index (χ0v) is 17.3. The molecular weight excluding hydrogens is 362 g/mol. The van der Waals surface area contributed by atoms with Crippen molar-refractivity contribution in [3.05, 3.63) is 82.5 Å². The summed E-state index contributed by atoms with van der Waals surface area (Å²) >= 11 is 1.78. The Balaban J connectivity index is 1.55. The highest BCUT2D eigenvalue weighted by Gasteiger charge is 2.36. The van der Waals surface area contributed by atoms with E-state index in [9.17, 15) is 0 Å². The quantitative estimate of drug-likeness (QED) is 0.432. The van der Waals surface area contributed by atoms with Crippen molar-refractivity contribution in [1.82, 2.24) is 9.97 Å². The Labute approximate surface area is 169 Å². The number of pyridine rings is 1. The highest BCUT2D eigenvalue weighted by atomic mass is 32.1. The molecule has 0 fully saturated rings. The summed E-state index contributed by atoms with van der Waals surface area (Å²) in [7, 11) is 0. The van der Waals surface area contributed by atoms with E-state index in [4.69, 9.17) is 9.97 Å². The molecule has 2 aromatic heterocycles. The van der Waals surface area contributed by atoms with Crippen LogP contribution in [0.5, 0.6) is 0 Å². The molecule has 0 saturated carbocycles. The van der Waals surface area contributed by atoms with Crippen LogP contribution in [0, 0.1) is 6.92 Å². The fraction of sp³-hybridized carbons (Fsp3) is 0.250. The molecule has 0 N–H and O–H groups in total. The van der Waals surface area contributed by atoms with Gasteiger partial charge < -0.3 is 4.90 Å². The van der Waals surface area contributed by atoms with Gasteiger partial charge in [0.25, 0.3) is 0 Å². The molecule has 1 aliphatic rings. The zero-order chi connectivity index (χ0) is 19.3. The van der Waals surface area contributed by atoms with Gasteiger partial charge in [-0.1, -0.05) is 44.2 Å². The Bertz CT molecular complexity index is 1180. The Morgan fingerprint density at radius 3 is 2.82 bits per heavy atom. The van der Waals surface area contributed by atoms with Crippen LogP contribution in [0.2, 0.25) is 0 Å². The molecule has 0 radical (unpaired) electrons. The molecule has 0 unspecified atom stereocenters. The first kappa shape index (κ1) is 17.4. The molecule has 3 heterocycles. The van der Waals surface area contributed by atoms with Crippen LogP contribution < -0.4 is 4.90 Å². The molecule has 0 spiro atoms. The summed E-state index contributed by atoms with van der Waals surface area (Å²) < 4.78 is 1.25. The standard InChI is InChI=1S/C24H23N3S/c1-16-10-11-21-19(13-16)26-22(28-21)14-17-7-6-12-25-23(17)27-15-24(2,3)18-8-4-5-9-20(18)27/h4-13H,14-15H2,1-3H3. The number of para-hydroxylation sites is 1. The van der Waals surface area contributed by atoms with Gasteiger partial charge in [0.2, 0.25) is 0 Å². The molecule has 0 aliphatic carbocycles. The minimum atomic E-state index is 0.110. The number of benzene rings is 2. The maximum absolute atomic E-state index is 4.88. The monoisotopic (exact) mass is 385 g/mol. The minimum Gasteiger partial charge on any atom is -0.325 e. The van der Waals surface area contributed by atoms with Crippen molar-refractivity contribution in [3.8, 4) is 0 Å². The Morgan fingerprint density at radius 1 is 1.07 bits per heavy atom. The van der Waals surface area contributed by atoms with Gasteiger partial charge in [-0.3, -0.25) is 0 Å².